The lowest BCUT2D eigenvalue weighted by Gasteiger charge is -1.95. The molecule has 29 heavy (non-hydrogen) atoms. The number of benzene rings is 3. The number of para-hydroxylation sites is 2. The van der Waals surface area contributed by atoms with Crippen molar-refractivity contribution in [3.8, 4) is 0 Å². The Hall–Kier alpha value is -3.92. The van der Waals surface area contributed by atoms with Gasteiger partial charge in [-0.1, -0.05) is 60.7 Å². The fourth-order valence-corrected chi connectivity index (χ4v) is 3.72. The number of Topliss-reactive ketones (excluding diaryl/α,β-unsaturated/α-hetero) is 1. The zero-order valence-corrected chi connectivity index (χ0v) is 15.5. The molecule has 4 nitrogen and oxygen atoms in total. The second kappa shape index (κ2) is 6.91. The fraction of sp³-hybridized carbons (Fsp3) is 0.0400. The van der Waals surface area contributed by atoms with Crippen molar-refractivity contribution in [2.45, 2.75) is 6.42 Å². The summed E-state index contributed by atoms with van der Waals surface area (Å²) in [6, 6.07) is 25.2. The number of hydrogen-bond acceptors (Lipinski definition) is 3. The maximum atomic E-state index is 12.2. The number of nitrogens with one attached hydrogen (secondary N) is 1. The molecule has 1 aliphatic carbocycles. The van der Waals surface area contributed by atoms with Gasteiger partial charge in [-0.05, 0) is 40.3 Å². The van der Waals surface area contributed by atoms with Crippen LogP contribution in [0.2, 0.25) is 0 Å². The molecule has 140 valence electrons. The first-order chi connectivity index (χ1) is 14.2. The molecule has 0 saturated carbocycles. The molecule has 0 atom stereocenters. The van der Waals surface area contributed by atoms with E-state index in [1.807, 2.05) is 78.9 Å². The molecule has 3 aromatic carbocycles. The van der Waals surface area contributed by atoms with Gasteiger partial charge in [0.25, 0.3) is 0 Å². The predicted molar refractivity (Wildman–Crippen MR) is 113 cm³/mol. The Morgan fingerprint density at radius 1 is 0.828 bits per heavy atom. The van der Waals surface area contributed by atoms with Gasteiger partial charge >= 0.3 is 0 Å². The normalized spacial score (nSPS) is 14.0. The highest BCUT2D eigenvalue weighted by molar-refractivity contribution is 6.35. The van der Waals surface area contributed by atoms with Gasteiger partial charge in [0.05, 0.1) is 12.0 Å². The number of furan rings is 1. The van der Waals surface area contributed by atoms with Crippen molar-refractivity contribution >= 4 is 40.0 Å². The van der Waals surface area contributed by atoms with Crippen molar-refractivity contribution in [2.75, 3.05) is 5.32 Å². The maximum Gasteiger partial charge on any atom is 0.228 e. The van der Waals surface area contributed by atoms with E-state index in [4.69, 9.17) is 4.42 Å². The van der Waals surface area contributed by atoms with Crippen molar-refractivity contribution in [1.82, 2.24) is 0 Å². The van der Waals surface area contributed by atoms with Crippen LogP contribution in [0, 0.1) is 0 Å². The summed E-state index contributed by atoms with van der Waals surface area (Å²) in [4.78, 5) is 22.9. The lowest BCUT2D eigenvalue weighted by Crippen LogP contribution is -2.22. The summed E-state index contributed by atoms with van der Waals surface area (Å²) in [5, 5.41) is 5.69. The van der Waals surface area contributed by atoms with Gasteiger partial charge in [0, 0.05) is 11.1 Å². The van der Waals surface area contributed by atoms with Gasteiger partial charge in [-0.3, -0.25) is 9.59 Å². The van der Waals surface area contributed by atoms with Gasteiger partial charge in [0.15, 0.2) is 5.78 Å². The number of hydrogen-bond donors (Lipinski definition) is 1. The summed E-state index contributed by atoms with van der Waals surface area (Å²) in [6.07, 6.45) is 2.20. The highest BCUT2D eigenvalue weighted by Crippen LogP contribution is 2.24. The second-order valence-corrected chi connectivity index (χ2v) is 7.00. The summed E-state index contributed by atoms with van der Waals surface area (Å²) >= 11 is 0. The minimum Gasteiger partial charge on any atom is -0.456 e. The Morgan fingerprint density at radius 3 is 2.45 bits per heavy atom. The molecule has 1 amide bonds. The average molecular weight is 379 g/mol. The van der Waals surface area contributed by atoms with Crippen LogP contribution in [0.4, 0.5) is 5.69 Å². The number of rotatable bonds is 1. The summed E-state index contributed by atoms with van der Waals surface area (Å²) < 4.78 is 5.80. The topological polar surface area (TPSA) is 59.3 Å². The van der Waals surface area contributed by atoms with Crippen molar-refractivity contribution in [2.24, 2.45) is 0 Å². The molecule has 0 bridgehead atoms. The van der Waals surface area contributed by atoms with Gasteiger partial charge < -0.3 is 9.73 Å². The Balaban J connectivity index is 0.000000153. The second-order valence-electron chi connectivity index (χ2n) is 7.00. The molecule has 4 aromatic rings. The van der Waals surface area contributed by atoms with E-state index in [2.05, 4.69) is 5.32 Å². The van der Waals surface area contributed by atoms with Gasteiger partial charge in [-0.25, -0.2) is 0 Å². The Labute approximate surface area is 166 Å². The summed E-state index contributed by atoms with van der Waals surface area (Å²) in [7, 11) is 0. The van der Waals surface area contributed by atoms with Gasteiger partial charge in [-0.2, -0.15) is 0 Å². The first-order valence-corrected chi connectivity index (χ1v) is 9.41. The highest BCUT2D eigenvalue weighted by Gasteiger charge is 2.19. The molecular weight excluding hydrogens is 362 g/mol. The number of carbonyl (C=O) groups is 2. The van der Waals surface area contributed by atoms with Gasteiger partial charge in [0.2, 0.25) is 5.91 Å². The van der Waals surface area contributed by atoms with Crippen molar-refractivity contribution < 1.29 is 14.0 Å². The third-order valence-electron chi connectivity index (χ3n) is 5.08. The van der Waals surface area contributed by atoms with E-state index >= 15 is 0 Å². The van der Waals surface area contributed by atoms with Crippen molar-refractivity contribution in [3.63, 3.8) is 0 Å². The Kier molecular flexibility index (Phi) is 4.10. The summed E-state index contributed by atoms with van der Waals surface area (Å²) in [6.45, 7) is 0. The number of anilines is 1. The van der Waals surface area contributed by atoms with Crippen LogP contribution in [0.25, 0.3) is 22.6 Å². The van der Waals surface area contributed by atoms with Crippen molar-refractivity contribution in [3.05, 3.63) is 101 Å². The lowest BCUT2D eigenvalue weighted by molar-refractivity contribution is -0.115. The Morgan fingerprint density at radius 2 is 1.59 bits per heavy atom. The summed E-state index contributed by atoms with van der Waals surface area (Å²) in [5.41, 5.74) is 3.54. The highest BCUT2D eigenvalue weighted by atomic mass is 16.3. The number of amides is 1. The third-order valence-corrected chi connectivity index (χ3v) is 5.08. The zero-order valence-electron chi connectivity index (χ0n) is 15.5. The smallest absolute Gasteiger partial charge is 0.228 e. The lowest BCUT2D eigenvalue weighted by atomic mass is 10.1. The van der Waals surface area contributed by atoms with Crippen LogP contribution in [-0.2, 0) is 16.0 Å². The molecule has 0 radical (unpaired) electrons. The Bertz CT molecular complexity index is 1330. The SMILES string of the molecule is O=C1C=c2ccccc2=C1c1cc2ccccc2o1.O=C1Cc2ccccc2N1. The van der Waals surface area contributed by atoms with Crippen molar-refractivity contribution in [1.29, 1.82) is 0 Å². The van der Waals surface area contributed by atoms with Crippen LogP contribution in [0.15, 0.2) is 83.3 Å². The standard InChI is InChI=1S/C17H10O2.C8H7NO/c18-14-9-11-5-1-3-7-13(11)17(14)16-10-12-6-2-4-8-15(12)19-16;10-8-5-6-3-1-2-4-7(6)9-8/h1-10H;1-4H,5H2,(H,9,10). The molecule has 0 spiro atoms. The minimum atomic E-state index is 0.0141. The first-order valence-electron chi connectivity index (χ1n) is 9.41. The molecule has 1 aliphatic heterocycles. The number of ketones is 1. The van der Waals surface area contributed by atoms with E-state index in [0.29, 0.717) is 17.8 Å². The van der Waals surface area contributed by atoms with E-state index in [9.17, 15) is 9.59 Å². The molecule has 0 fully saturated rings. The first kappa shape index (κ1) is 17.2. The fourth-order valence-electron chi connectivity index (χ4n) is 3.72. The average Bonchev–Trinajstić information content (AvgIpc) is 3.40. The maximum absolute atomic E-state index is 12.2. The molecule has 1 N–H and O–H groups in total. The van der Waals surface area contributed by atoms with Crippen LogP contribution in [0.1, 0.15) is 11.3 Å². The zero-order chi connectivity index (χ0) is 19.8. The van der Waals surface area contributed by atoms with E-state index in [0.717, 1.165) is 32.7 Å². The molecular formula is C25H17NO3. The monoisotopic (exact) mass is 379 g/mol. The number of fused-ring (bicyclic) bond motifs is 3. The molecule has 1 aromatic heterocycles. The van der Waals surface area contributed by atoms with Crippen LogP contribution >= 0.6 is 0 Å². The van der Waals surface area contributed by atoms with Crippen LogP contribution < -0.4 is 15.8 Å². The molecule has 4 heteroatoms. The van der Waals surface area contributed by atoms with Gasteiger partial charge in [0.1, 0.15) is 11.3 Å². The third kappa shape index (κ3) is 3.15. The number of carbonyl (C=O) groups excluding carboxylic acids is 2. The largest absolute Gasteiger partial charge is 0.456 e. The molecule has 2 aliphatic rings. The predicted octanol–water partition coefficient (Wildman–Crippen LogP) is 3.18. The van der Waals surface area contributed by atoms with Crippen LogP contribution in [-0.4, -0.2) is 11.7 Å². The molecule has 0 unspecified atom stereocenters. The van der Waals surface area contributed by atoms with Gasteiger partial charge in [-0.15, -0.1) is 0 Å². The molecule has 6 rings (SSSR count). The van der Waals surface area contributed by atoms with E-state index in [1.54, 1.807) is 6.08 Å². The quantitative estimate of drug-likeness (QED) is 0.553. The summed E-state index contributed by atoms with van der Waals surface area (Å²) in [5.74, 6) is 0.758. The van der Waals surface area contributed by atoms with Crippen LogP contribution in [0.3, 0.4) is 0 Å². The van der Waals surface area contributed by atoms with Crippen LogP contribution in [0.5, 0.6) is 0 Å². The molecule has 0 saturated heterocycles. The minimum absolute atomic E-state index is 0.0141. The van der Waals surface area contributed by atoms with E-state index in [-0.39, 0.29) is 11.7 Å². The molecule has 2 heterocycles. The van der Waals surface area contributed by atoms with E-state index < -0.39 is 0 Å². The van der Waals surface area contributed by atoms with E-state index in [1.165, 1.54) is 0 Å².